The van der Waals surface area contributed by atoms with E-state index in [1.54, 1.807) is 0 Å². The number of aryl methyl sites for hydroxylation is 2. The average Bonchev–Trinajstić information content (AvgIpc) is 2.49. The summed E-state index contributed by atoms with van der Waals surface area (Å²) in [5.74, 6) is 0.0832. The lowest BCUT2D eigenvalue weighted by atomic mass is 9.94. The largest absolute Gasteiger partial charge is 0.289 e. The number of carbonyl (C=O) groups is 1. The van der Waals surface area contributed by atoms with Gasteiger partial charge in [-0.3, -0.25) is 4.79 Å². The zero-order valence-corrected chi connectivity index (χ0v) is 13.6. The highest BCUT2D eigenvalue weighted by Gasteiger charge is 2.15. The number of hydrogen-bond donors (Lipinski definition) is 0. The molecule has 3 aromatic carbocycles. The highest BCUT2D eigenvalue weighted by Crippen LogP contribution is 2.26. The van der Waals surface area contributed by atoms with Gasteiger partial charge < -0.3 is 0 Å². The van der Waals surface area contributed by atoms with Gasteiger partial charge in [0.05, 0.1) is 0 Å². The number of hydrogen-bond acceptors (Lipinski definition) is 1. The monoisotopic (exact) mass is 338 g/mol. The summed E-state index contributed by atoms with van der Waals surface area (Å²) in [6, 6.07) is 17.8. The molecule has 0 fully saturated rings. The summed E-state index contributed by atoms with van der Waals surface area (Å²) in [5.41, 5.74) is 3.60. The Morgan fingerprint density at radius 3 is 2.38 bits per heavy atom. The molecule has 0 unspecified atom stereocenters. The Hall–Kier alpha value is -1.93. The van der Waals surface area contributed by atoms with Crippen molar-refractivity contribution in [2.24, 2.45) is 0 Å². The molecular formula is C19H15BrO. The van der Waals surface area contributed by atoms with Gasteiger partial charge in [-0.05, 0) is 47.9 Å². The molecule has 104 valence electrons. The minimum atomic E-state index is 0.0832. The van der Waals surface area contributed by atoms with E-state index < -0.39 is 0 Å². The van der Waals surface area contributed by atoms with Gasteiger partial charge in [-0.15, -0.1) is 0 Å². The van der Waals surface area contributed by atoms with E-state index in [2.05, 4.69) is 15.9 Å². The molecule has 0 saturated heterocycles. The highest BCUT2D eigenvalue weighted by molar-refractivity contribution is 9.10. The SMILES string of the molecule is Cc1cc(C(=O)c2cccc3ccccc23)c(C)cc1Br. The maximum absolute atomic E-state index is 12.9. The van der Waals surface area contributed by atoms with Crippen LogP contribution in [-0.2, 0) is 0 Å². The fourth-order valence-electron chi connectivity index (χ4n) is 2.59. The molecule has 3 aromatic rings. The molecule has 0 heterocycles. The molecule has 0 radical (unpaired) electrons. The fraction of sp³-hybridized carbons (Fsp3) is 0.105. The van der Waals surface area contributed by atoms with Gasteiger partial charge in [-0.25, -0.2) is 0 Å². The van der Waals surface area contributed by atoms with E-state index in [-0.39, 0.29) is 5.78 Å². The van der Waals surface area contributed by atoms with Crippen LogP contribution in [0.5, 0.6) is 0 Å². The Labute approximate surface area is 132 Å². The smallest absolute Gasteiger partial charge is 0.193 e. The number of carbonyl (C=O) groups excluding carboxylic acids is 1. The van der Waals surface area contributed by atoms with Crippen molar-refractivity contribution in [3.63, 3.8) is 0 Å². The minimum absolute atomic E-state index is 0.0832. The van der Waals surface area contributed by atoms with Crippen LogP contribution in [0.1, 0.15) is 27.0 Å². The Morgan fingerprint density at radius 2 is 1.57 bits per heavy atom. The molecule has 21 heavy (non-hydrogen) atoms. The summed E-state index contributed by atoms with van der Waals surface area (Å²) in [4.78, 5) is 12.9. The number of rotatable bonds is 2. The number of benzene rings is 3. The lowest BCUT2D eigenvalue weighted by Crippen LogP contribution is -2.05. The first kappa shape index (κ1) is 14.0. The first-order valence-corrected chi connectivity index (χ1v) is 7.66. The Bertz CT molecular complexity index is 844. The van der Waals surface area contributed by atoms with Crippen molar-refractivity contribution < 1.29 is 4.79 Å². The van der Waals surface area contributed by atoms with Crippen molar-refractivity contribution in [1.29, 1.82) is 0 Å². The van der Waals surface area contributed by atoms with E-state index in [4.69, 9.17) is 0 Å². The van der Waals surface area contributed by atoms with Gasteiger partial charge >= 0.3 is 0 Å². The van der Waals surface area contributed by atoms with E-state index in [9.17, 15) is 4.79 Å². The molecule has 0 aliphatic rings. The van der Waals surface area contributed by atoms with E-state index in [0.717, 1.165) is 37.5 Å². The molecule has 0 aliphatic carbocycles. The lowest BCUT2D eigenvalue weighted by Gasteiger charge is -2.10. The van der Waals surface area contributed by atoms with Crippen molar-refractivity contribution in [3.05, 3.63) is 81.3 Å². The van der Waals surface area contributed by atoms with Crippen LogP contribution in [0.2, 0.25) is 0 Å². The van der Waals surface area contributed by atoms with Crippen LogP contribution in [0.3, 0.4) is 0 Å². The molecule has 3 rings (SSSR count). The van der Waals surface area contributed by atoms with Crippen LogP contribution in [0.25, 0.3) is 10.8 Å². The molecule has 0 aliphatic heterocycles. The number of halogens is 1. The predicted molar refractivity (Wildman–Crippen MR) is 91.0 cm³/mol. The quantitative estimate of drug-likeness (QED) is 0.568. The van der Waals surface area contributed by atoms with Gasteiger partial charge in [-0.1, -0.05) is 58.4 Å². The van der Waals surface area contributed by atoms with Gasteiger partial charge in [-0.2, -0.15) is 0 Å². The third kappa shape index (κ3) is 2.52. The molecule has 2 heteroatoms. The molecule has 0 amide bonds. The maximum Gasteiger partial charge on any atom is 0.193 e. The second-order valence-corrected chi connectivity index (χ2v) is 6.13. The standard InChI is InChI=1S/C19H15BrO/c1-12-11-18(20)13(2)10-17(12)19(21)16-9-5-7-14-6-3-4-8-15(14)16/h3-11H,1-2H3. The number of fused-ring (bicyclic) bond motifs is 1. The first-order valence-electron chi connectivity index (χ1n) is 6.87. The Morgan fingerprint density at radius 1 is 0.857 bits per heavy atom. The molecule has 0 aromatic heterocycles. The molecule has 0 spiro atoms. The van der Waals surface area contributed by atoms with E-state index in [0.29, 0.717) is 0 Å². The average molecular weight is 339 g/mol. The van der Waals surface area contributed by atoms with Gasteiger partial charge in [0, 0.05) is 15.6 Å². The summed E-state index contributed by atoms with van der Waals surface area (Å²) in [7, 11) is 0. The van der Waals surface area contributed by atoms with Crippen LogP contribution < -0.4 is 0 Å². The van der Waals surface area contributed by atoms with Crippen molar-refractivity contribution in [2.75, 3.05) is 0 Å². The molecule has 0 N–H and O–H groups in total. The summed E-state index contributed by atoms with van der Waals surface area (Å²) < 4.78 is 1.04. The second kappa shape index (κ2) is 5.45. The molecule has 0 bridgehead atoms. The van der Waals surface area contributed by atoms with Crippen LogP contribution >= 0.6 is 15.9 Å². The Balaban J connectivity index is 2.20. The van der Waals surface area contributed by atoms with E-state index >= 15 is 0 Å². The summed E-state index contributed by atoms with van der Waals surface area (Å²) in [6.07, 6.45) is 0. The van der Waals surface area contributed by atoms with E-state index in [1.165, 1.54) is 0 Å². The zero-order chi connectivity index (χ0) is 15.0. The van der Waals surface area contributed by atoms with Crippen molar-refractivity contribution in [3.8, 4) is 0 Å². The highest BCUT2D eigenvalue weighted by atomic mass is 79.9. The predicted octanol–water partition coefficient (Wildman–Crippen LogP) is 5.45. The molecule has 1 nitrogen and oxygen atoms in total. The van der Waals surface area contributed by atoms with Gasteiger partial charge in [0.25, 0.3) is 0 Å². The van der Waals surface area contributed by atoms with Crippen LogP contribution in [0, 0.1) is 13.8 Å². The number of ketones is 1. The maximum atomic E-state index is 12.9. The summed E-state index contributed by atoms with van der Waals surface area (Å²) in [5, 5.41) is 2.10. The van der Waals surface area contributed by atoms with Crippen LogP contribution in [-0.4, -0.2) is 5.78 Å². The molecular weight excluding hydrogens is 324 g/mol. The third-order valence-corrected chi connectivity index (χ3v) is 4.64. The zero-order valence-electron chi connectivity index (χ0n) is 12.0. The summed E-state index contributed by atoms with van der Waals surface area (Å²) >= 11 is 3.51. The van der Waals surface area contributed by atoms with Gasteiger partial charge in [0.1, 0.15) is 0 Å². The van der Waals surface area contributed by atoms with Gasteiger partial charge in [0.15, 0.2) is 5.78 Å². The topological polar surface area (TPSA) is 17.1 Å². The normalized spacial score (nSPS) is 10.8. The van der Waals surface area contributed by atoms with Gasteiger partial charge in [0.2, 0.25) is 0 Å². The second-order valence-electron chi connectivity index (χ2n) is 5.27. The van der Waals surface area contributed by atoms with Crippen molar-refractivity contribution in [2.45, 2.75) is 13.8 Å². The lowest BCUT2D eigenvalue weighted by molar-refractivity contribution is 0.103. The molecule has 0 saturated carbocycles. The van der Waals surface area contributed by atoms with Crippen LogP contribution in [0.15, 0.2) is 59.1 Å². The van der Waals surface area contributed by atoms with Crippen molar-refractivity contribution >= 4 is 32.5 Å². The third-order valence-electron chi connectivity index (χ3n) is 3.78. The van der Waals surface area contributed by atoms with E-state index in [1.807, 2.05) is 68.4 Å². The fourth-order valence-corrected chi connectivity index (χ4v) is 3.05. The molecule has 0 atom stereocenters. The minimum Gasteiger partial charge on any atom is -0.289 e. The summed E-state index contributed by atoms with van der Waals surface area (Å²) in [6.45, 7) is 3.98. The van der Waals surface area contributed by atoms with Crippen molar-refractivity contribution in [1.82, 2.24) is 0 Å². The van der Waals surface area contributed by atoms with Crippen LogP contribution in [0.4, 0.5) is 0 Å². The first-order chi connectivity index (χ1) is 10.1. The Kier molecular flexibility index (Phi) is 3.64.